The molecule has 0 aliphatic heterocycles. The van der Waals surface area contributed by atoms with Crippen LogP contribution in [-0.4, -0.2) is 7.11 Å². The van der Waals surface area contributed by atoms with Crippen molar-refractivity contribution in [1.82, 2.24) is 0 Å². The zero-order valence-electron chi connectivity index (χ0n) is 14.0. The zero-order valence-corrected chi connectivity index (χ0v) is 14.0. The highest BCUT2D eigenvalue weighted by Crippen LogP contribution is 2.41. The van der Waals surface area contributed by atoms with Gasteiger partial charge < -0.3 is 4.74 Å². The van der Waals surface area contributed by atoms with Crippen LogP contribution in [-0.2, 0) is 5.41 Å². The molecule has 0 aliphatic rings. The monoisotopic (exact) mass is 302 g/mol. The van der Waals surface area contributed by atoms with Crippen LogP contribution >= 0.6 is 0 Å². The summed E-state index contributed by atoms with van der Waals surface area (Å²) in [5, 5.41) is 0. The second-order valence-electron chi connectivity index (χ2n) is 5.58. The minimum Gasteiger partial charge on any atom is -0.497 e. The first kappa shape index (κ1) is 16.7. The van der Waals surface area contributed by atoms with E-state index in [-0.39, 0.29) is 5.92 Å². The van der Waals surface area contributed by atoms with Crippen molar-refractivity contribution in [3.05, 3.63) is 65.7 Å². The number of terminal acetylenes is 1. The van der Waals surface area contributed by atoms with E-state index in [2.05, 4.69) is 49.0 Å². The third-order valence-corrected chi connectivity index (χ3v) is 4.45. The lowest BCUT2D eigenvalue weighted by Crippen LogP contribution is -2.30. The summed E-state index contributed by atoms with van der Waals surface area (Å²) in [5.74, 6) is 10.2. The van der Waals surface area contributed by atoms with Crippen LogP contribution in [0.5, 0.6) is 5.75 Å². The van der Waals surface area contributed by atoms with E-state index < -0.39 is 5.41 Å². The second kappa shape index (κ2) is 7.57. The van der Waals surface area contributed by atoms with E-state index in [1.165, 1.54) is 5.56 Å². The summed E-state index contributed by atoms with van der Waals surface area (Å²) in [6, 6.07) is 18.4. The summed E-state index contributed by atoms with van der Waals surface area (Å²) in [4.78, 5) is 0. The average molecular weight is 302 g/mol. The fraction of sp³-hybridized carbons (Fsp3) is 0.273. The molecule has 0 radical (unpaired) electrons. The first-order chi connectivity index (χ1) is 11.2. The predicted molar refractivity (Wildman–Crippen MR) is 96.4 cm³/mol. The molecule has 0 spiro atoms. The summed E-state index contributed by atoms with van der Waals surface area (Å²) in [6.07, 6.45) is 6.67. The number of ether oxygens (including phenoxy) is 1. The van der Waals surface area contributed by atoms with E-state index in [9.17, 15) is 0 Å². The van der Waals surface area contributed by atoms with Gasteiger partial charge in [0.1, 0.15) is 5.75 Å². The van der Waals surface area contributed by atoms with Crippen LogP contribution in [0.3, 0.4) is 0 Å². The van der Waals surface area contributed by atoms with Crippen molar-refractivity contribution in [1.29, 1.82) is 0 Å². The maximum Gasteiger partial charge on any atom is 0.118 e. The van der Waals surface area contributed by atoms with Gasteiger partial charge in [-0.2, -0.15) is 0 Å². The first-order valence-electron chi connectivity index (χ1n) is 7.74. The van der Waals surface area contributed by atoms with Crippen LogP contribution in [0, 0.1) is 24.2 Å². The van der Waals surface area contributed by atoms with Gasteiger partial charge in [0.05, 0.1) is 12.5 Å². The van der Waals surface area contributed by atoms with Crippen LogP contribution < -0.4 is 4.74 Å². The molecule has 0 heterocycles. The third-order valence-electron chi connectivity index (χ3n) is 4.45. The summed E-state index contributed by atoms with van der Waals surface area (Å²) >= 11 is 0. The molecule has 0 saturated heterocycles. The summed E-state index contributed by atoms with van der Waals surface area (Å²) in [5.41, 5.74) is 1.86. The molecule has 0 fully saturated rings. The fourth-order valence-corrected chi connectivity index (χ4v) is 2.91. The van der Waals surface area contributed by atoms with E-state index in [4.69, 9.17) is 11.2 Å². The van der Waals surface area contributed by atoms with E-state index in [1.54, 1.807) is 7.11 Å². The van der Waals surface area contributed by atoms with Gasteiger partial charge in [-0.1, -0.05) is 55.3 Å². The van der Waals surface area contributed by atoms with E-state index >= 15 is 0 Å². The fourth-order valence-electron chi connectivity index (χ4n) is 2.91. The molecule has 1 nitrogen and oxygen atoms in total. The lowest BCUT2D eigenvalue weighted by molar-refractivity contribution is 0.413. The Bertz CT molecular complexity index is 726. The van der Waals surface area contributed by atoms with Crippen LogP contribution in [0.2, 0.25) is 0 Å². The van der Waals surface area contributed by atoms with Gasteiger partial charge in [-0.15, -0.1) is 18.3 Å². The number of benzene rings is 2. The SMILES string of the molecule is C#CC(CC#CC)(c1ccc(OC)cc1)C(C)c1ccccc1. The first-order valence-corrected chi connectivity index (χ1v) is 7.74. The molecule has 2 aromatic rings. The van der Waals surface area contributed by atoms with Gasteiger partial charge in [0, 0.05) is 12.3 Å². The smallest absolute Gasteiger partial charge is 0.118 e. The molecule has 2 atom stereocenters. The molecule has 116 valence electrons. The highest BCUT2D eigenvalue weighted by atomic mass is 16.5. The molecule has 1 heteroatoms. The molecule has 2 rings (SSSR count). The predicted octanol–water partition coefficient (Wildman–Crippen LogP) is 4.78. The van der Waals surface area contributed by atoms with E-state index in [0.717, 1.165) is 11.3 Å². The number of hydrogen-bond donors (Lipinski definition) is 0. The van der Waals surface area contributed by atoms with Crippen LogP contribution in [0.4, 0.5) is 0 Å². The Morgan fingerprint density at radius 1 is 1.09 bits per heavy atom. The van der Waals surface area contributed by atoms with Gasteiger partial charge in [-0.25, -0.2) is 0 Å². The Hall–Kier alpha value is -2.64. The third kappa shape index (κ3) is 3.41. The lowest BCUT2D eigenvalue weighted by Gasteiger charge is -2.34. The summed E-state index contributed by atoms with van der Waals surface area (Å²) < 4.78 is 5.26. The number of rotatable bonds is 5. The summed E-state index contributed by atoms with van der Waals surface area (Å²) in [7, 11) is 1.67. The normalized spacial score (nSPS) is 13.8. The quantitative estimate of drug-likeness (QED) is 0.722. The minimum absolute atomic E-state index is 0.156. The van der Waals surface area contributed by atoms with Gasteiger partial charge in [-0.3, -0.25) is 0 Å². The van der Waals surface area contributed by atoms with Crippen molar-refractivity contribution in [3.63, 3.8) is 0 Å². The molecule has 0 aromatic heterocycles. The maximum absolute atomic E-state index is 6.04. The van der Waals surface area contributed by atoms with Gasteiger partial charge >= 0.3 is 0 Å². The highest BCUT2D eigenvalue weighted by molar-refractivity contribution is 5.44. The van der Waals surface area contributed by atoms with Crippen molar-refractivity contribution < 1.29 is 4.74 Å². The Labute approximate surface area is 139 Å². The highest BCUT2D eigenvalue weighted by Gasteiger charge is 2.36. The minimum atomic E-state index is -0.462. The van der Waals surface area contributed by atoms with E-state index in [1.807, 2.05) is 37.3 Å². The van der Waals surface area contributed by atoms with E-state index in [0.29, 0.717) is 6.42 Å². The van der Waals surface area contributed by atoms with Crippen molar-refractivity contribution >= 4 is 0 Å². The molecule has 0 N–H and O–H groups in total. The molecule has 0 bridgehead atoms. The van der Waals surface area contributed by atoms with Crippen LogP contribution in [0.1, 0.15) is 37.3 Å². The molecular formula is C22H22O. The molecule has 0 saturated carbocycles. The Morgan fingerprint density at radius 2 is 1.74 bits per heavy atom. The Morgan fingerprint density at radius 3 is 2.26 bits per heavy atom. The maximum atomic E-state index is 6.04. The molecular weight excluding hydrogens is 280 g/mol. The lowest BCUT2D eigenvalue weighted by atomic mass is 9.67. The van der Waals surface area contributed by atoms with Crippen LogP contribution in [0.15, 0.2) is 54.6 Å². The van der Waals surface area contributed by atoms with Gasteiger partial charge in [0.25, 0.3) is 0 Å². The van der Waals surface area contributed by atoms with Crippen molar-refractivity contribution in [2.45, 2.75) is 31.6 Å². The number of hydrogen-bond acceptors (Lipinski definition) is 1. The topological polar surface area (TPSA) is 9.23 Å². The Balaban J connectivity index is 2.54. The second-order valence-corrected chi connectivity index (χ2v) is 5.58. The van der Waals surface area contributed by atoms with Crippen molar-refractivity contribution in [2.24, 2.45) is 0 Å². The largest absolute Gasteiger partial charge is 0.497 e. The molecule has 2 unspecified atom stereocenters. The van der Waals surface area contributed by atoms with Crippen LogP contribution in [0.25, 0.3) is 0 Å². The Kier molecular flexibility index (Phi) is 5.51. The average Bonchev–Trinajstić information content (AvgIpc) is 2.63. The van der Waals surface area contributed by atoms with Crippen molar-refractivity contribution in [3.8, 4) is 29.9 Å². The van der Waals surface area contributed by atoms with Gasteiger partial charge in [0.15, 0.2) is 0 Å². The zero-order chi connectivity index (χ0) is 16.7. The molecule has 2 aromatic carbocycles. The standard InChI is InChI=1S/C22H22O/c1-5-7-17-22(6-2,18(3)19-11-9-8-10-12-19)20-13-15-21(23-4)16-14-20/h2,8-16,18H,17H2,1,3-4H3. The van der Waals surface area contributed by atoms with Gasteiger partial charge in [0.2, 0.25) is 0 Å². The van der Waals surface area contributed by atoms with Crippen molar-refractivity contribution in [2.75, 3.05) is 7.11 Å². The molecule has 0 amide bonds. The number of methoxy groups -OCH3 is 1. The summed E-state index contributed by atoms with van der Waals surface area (Å²) in [6.45, 7) is 4.03. The molecule has 0 aliphatic carbocycles. The van der Waals surface area contributed by atoms with Gasteiger partial charge in [-0.05, 0) is 30.2 Å². The molecule has 23 heavy (non-hydrogen) atoms.